The monoisotopic (exact) mass is 429 g/mol. The molecule has 0 spiro atoms. The van der Waals surface area contributed by atoms with Gasteiger partial charge < -0.3 is 9.67 Å². The van der Waals surface area contributed by atoms with E-state index in [9.17, 15) is 23.1 Å². The van der Waals surface area contributed by atoms with E-state index in [2.05, 4.69) is 9.97 Å². The zero-order chi connectivity index (χ0) is 20.7. The van der Waals surface area contributed by atoms with E-state index >= 15 is 0 Å². The second-order valence-corrected chi connectivity index (χ2v) is 8.13. The standard InChI is InChI=1S/C18H15ClF3N3O2S/c1-17(2,15(26)27)9-25-13-6-4-3-5-12(13)24-16(25)28-14-11(19)7-10(8-23-14)18(20,21)22/h3-8H,9H2,1-2H3,(H,26,27). The third-order valence-electron chi connectivity index (χ3n) is 4.07. The molecule has 0 aliphatic heterocycles. The fourth-order valence-electron chi connectivity index (χ4n) is 2.49. The third-order valence-corrected chi connectivity index (χ3v) is 5.49. The minimum absolute atomic E-state index is 0.115. The van der Waals surface area contributed by atoms with E-state index in [0.29, 0.717) is 22.4 Å². The second-order valence-electron chi connectivity index (χ2n) is 6.77. The van der Waals surface area contributed by atoms with Gasteiger partial charge in [0.1, 0.15) is 5.03 Å². The lowest BCUT2D eigenvalue weighted by Crippen LogP contribution is -2.29. The highest BCUT2D eigenvalue weighted by atomic mass is 35.5. The summed E-state index contributed by atoms with van der Waals surface area (Å²) < 4.78 is 40.2. The predicted octanol–water partition coefficient (Wildman–Crippen LogP) is 5.37. The van der Waals surface area contributed by atoms with Gasteiger partial charge in [0.25, 0.3) is 0 Å². The molecular formula is C18H15ClF3N3O2S. The lowest BCUT2D eigenvalue weighted by Gasteiger charge is -2.21. The van der Waals surface area contributed by atoms with Gasteiger partial charge in [-0.15, -0.1) is 0 Å². The summed E-state index contributed by atoms with van der Waals surface area (Å²) in [5.74, 6) is -0.980. The number of alkyl halides is 3. The van der Waals surface area contributed by atoms with Crippen LogP contribution in [0.2, 0.25) is 5.02 Å². The molecule has 0 bridgehead atoms. The Morgan fingerprint density at radius 3 is 2.57 bits per heavy atom. The number of carboxylic acid groups (broad SMARTS) is 1. The first-order valence-corrected chi connectivity index (χ1v) is 9.28. The largest absolute Gasteiger partial charge is 0.481 e. The van der Waals surface area contributed by atoms with Crippen molar-refractivity contribution in [2.75, 3.05) is 0 Å². The van der Waals surface area contributed by atoms with E-state index in [0.717, 1.165) is 17.8 Å². The maximum absolute atomic E-state index is 12.8. The lowest BCUT2D eigenvalue weighted by molar-refractivity contribution is -0.147. The highest BCUT2D eigenvalue weighted by Gasteiger charge is 2.32. The number of nitrogens with zero attached hydrogens (tertiary/aromatic N) is 3. The summed E-state index contributed by atoms with van der Waals surface area (Å²) in [6.45, 7) is 3.28. The van der Waals surface area contributed by atoms with Gasteiger partial charge in [0.05, 0.1) is 27.0 Å². The van der Waals surface area contributed by atoms with Gasteiger partial charge in [0.2, 0.25) is 0 Å². The predicted molar refractivity (Wildman–Crippen MR) is 99.5 cm³/mol. The van der Waals surface area contributed by atoms with Crippen molar-refractivity contribution in [1.82, 2.24) is 14.5 Å². The normalized spacial score (nSPS) is 12.5. The first-order chi connectivity index (χ1) is 13.0. The Morgan fingerprint density at radius 2 is 1.96 bits per heavy atom. The van der Waals surface area contributed by atoms with Crippen molar-refractivity contribution in [1.29, 1.82) is 0 Å². The molecule has 148 valence electrons. The summed E-state index contributed by atoms with van der Waals surface area (Å²) >= 11 is 6.99. The van der Waals surface area contributed by atoms with E-state index in [-0.39, 0.29) is 16.6 Å². The smallest absolute Gasteiger partial charge is 0.417 e. The summed E-state index contributed by atoms with van der Waals surface area (Å²) in [5.41, 5.74) is -0.685. The highest BCUT2D eigenvalue weighted by Crippen LogP contribution is 2.37. The van der Waals surface area contributed by atoms with Crippen molar-refractivity contribution >= 4 is 40.4 Å². The highest BCUT2D eigenvalue weighted by molar-refractivity contribution is 7.99. The lowest BCUT2D eigenvalue weighted by atomic mass is 9.94. The van der Waals surface area contributed by atoms with Crippen LogP contribution < -0.4 is 0 Å². The van der Waals surface area contributed by atoms with Gasteiger partial charge in [-0.1, -0.05) is 23.7 Å². The molecule has 2 heterocycles. The van der Waals surface area contributed by atoms with Crippen LogP contribution >= 0.6 is 23.4 Å². The van der Waals surface area contributed by atoms with Crippen LogP contribution in [0.3, 0.4) is 0 Å². The average molecular weight is 430 g/mol. The zero-order valence-electron chi connectivity index (χ0n) is 14.8. The van der Waals surface area contributed by atoms with Crippen LogP contribution in [-0.2, 0) is 17.5 Å². The minimum atomic E-state index is -4.54. The molecule has 3 aromatic rings. The molecule has 0 unspecified atom stereocenters. The number of aromatic nitrogens is 3. The molecule has 0 saturated heterocycles. The van der Waals surface area contributed by atoms with Gasteiger partial charge >= 0.3 is 12.1 Å². The molecule has 2 aromatic heterocycles. The summed E-state index contributed by atoms with van der Waals surface area (Å²) in [6, 6.07) is 7.97. The molecule has 0 saturated carbocycles. The number of carboxylic acids is 1. The molecular weight excluding hydrogens is 415 g/mol. The van der Waals surface area contributed by atoms with E-state index in [1.165, 1.54) is 0 Å². The average Bonchev–Trinajstić information content (AvgIpc) is 2.92. The molecule has 5 nitrogen and oxygen atoms in total. The van der Waals surface area contributed by atoms with Gasteiger partial charge in [-0.2, -0.15) is 13.2 Å². The number of benzene rings is 1. The van der Waals surface area contributed by atoms with Crippen LogP contribution in [0, 0.1) is 5.41 Å². The summed E-state index contributed by atoms with van der Waals surface area (Å²) in [5, 5.41) is 9.85. The fraction of sp³-hybridized carbons (Fsp3) is 0.278. The van der Waals surface area contributed by atoms with E-state index in [4.69, 9.17) is 11.6 Å². The Balaban J connectivity index is 2.04. The molecule has 10 heteroatoms. The third kappa shape index (κ3) is 4.10. The van der Waals surface area contributed by atoms with Crippen LogP contribution in [0.15, 0.2) is 46.7 Å². The number of imidazole rings is 1. The van der Waals surface area contributed by atoms with Crippen LogP contribution in [0.5, 0.6) is 0 Å². The second kappa shape index (κ2) is 7.29. The molecule has 0 aliphatic carbocycles. The Morgan fingerprint density at radius 1 is 1.29 bits per heavy atom. The quantitative estimate of drug-likeness (QED) is 0.591. The van der Waals surface area contributed by atoms with Crippen molar-refractivity contribution in [3.05, 3.63) is 47.1 Å². The van der Waals surface area contributed by atoms with Crippen LogP contribution in [0.25, 0.3) is 11.0 Å². The maximum atomic E-state index is 12.8. The van der Waals surface area contributed by atoms with Crippen molar-refractivity contribution in [3.8, 4) is 0 Å². The molecule has 3 rings (SSSR count). The number of aliphatic carboxylic acids is 1. The Labute approximate surface area is 167 Å². The summed E-state index contributed by atoms with van der Waals surface area (Å²) in [4.78, 5) is 19.9. The van der Waals surface area contributed by atoms with Crippen molar-refractivity contribution in [2.45, 2.75) is 36.8 Å². The van der Waals surface area contributed by atoms with E-state index < -0.39 is 23.1 Å². The van der Waals surface area contributed by atoms with Gasteiger partial charge in [-0.3, -0.25) is 4.79 Å². The first-order valence-electron chi connectivity index (χ1n) is 8.08. The molecule has 1 aromatic carbocycles. The van der Waals surface area contributed by atoms with Crippen LogP contribution in [0.4, 0.5) is 13.2 Å². The molecule has 0 radical (unpaired) electrons. The molecule has 28 heavy (non-hydrogen) atoms. The number of fused-ring (bicyclic) bond motifs is 1. The molecule has 0 fully saturated rings. The number of hydrogen-bond acceptors (Lipinski definition) is 4. The minimum Gasteiger partial charge on any atom is -0.481 e. The number of rotatable bonds is 5. The first kappa shape index (κ1) is 20.5. The number of para-hydroxylation sites is 2. The Hall–Kier alpha value is -2.26. The molecule has 1 N–H and O–H groups in total. The number of hydrogen-bond donors (Lipinski definition) is 1. The topological polar surface area (TPSA) is 68.0 Å². The number of pyridine rings is 1. The molecule has 0 amide bonds. The van der Waals surface area contributed by atoms with Gasteiger partial charge in [-0.05, 0) is 43.8 Å². The maximum Gasteiger partial charge on any atom is 0.417 e. The van der Waals surface area contributed by atoms with Gasteiger partial charge in [-0.25, -0.2) is 9.97 Å². The number of carbonyl (C=O) groups is 1. The van der Waals surface area contributed by atoms with E-state index in [1.807, 2.05) is 0 Å². The zero-order valence-corrected chi connectivity index (χ0v) is 16.4. The van der Waals surface area contributed by atoms with Gasteiger partial charge in [0.15, 0.2) is 5.16 Å². The molecule has 0 atom stereocenters. The van der Waals surface area contributed by atoms with Gasteiger partial charge in [0, 0.05) is 12.7 Å². The Bertz CT molecular complexity index is 1050. The van der Waals surface area contributed by atoms with Crippen molar-refractivity contribution in [3.63, 3.8) is 0 Å². The number of halogens is 4. The summed E-state index contributed by atoms with van der Waals surface area (Å²) in [6.07, 6.45) is -3.83. The Kier molecular flexibility index (Phi) is 5.33. The summed E-state index contributed by atoms with van der Waals surface area (Å²) in [7, 11) is 0. The van der Waals surface area contributed by atoms with Crippen LogP contribution in [-0.4, -0.2) is 25.6 Å². The molecule has 0 aliphatic rings. The van der Waals surface area contributed by atoms with Crippen molar-refractivity contribution in [2.24, 2.45) is 5.41 Å². The van der Waals surface area contributed by atoms with Crippen molar-refractivity contribution < 1.29 is 23.1 Å². The van der Waals surface area contributed by atoms with Crippen LogP contribution in [0.1, 0.15) is 19.4 Å². The fourth-order valence-corrected chi connectivity index (χ4v) is 3.62. The van der Waals surface area contributed by atoms with E-state index in [1.54, 1.807) is 42.7 Å². The SMILES string of the molecule is CC(C)(Cn1c(Sc2ncc(C(F)(F)F)cc2Cl)nc2ccccc21)C(=O)O.